The molecule has 1 saturated heterocycles. The lowest BCUT2D eigenvalue weighted by Crippen LogP contribution is -2.39. The number of carbonyl (C=O) groups excluding carboxylic acids is 1. The molecule has 0 atom stereocenters. The first-order valence-corrected chi connectivity index (χ1v) is 7.80. The molecular formula is C15H19BrClNO. The summed E-state index contributed by atoms with van der Waals surface area (Å²) >= 11 is 9.46. The van der Waals surface area contributed by atoms with E-state index in [1.54, 1.807) is 12.1 Å². The van der Waals surface area contributed by atoms with E-state index >= 15 is 0 Å². The Labute approximate surface area is 128 Å². The molecule has 1 aliphatic heterocycles. The number of hydrogen-bond donors (Lipinski definition) is 0. The molecule has 104 valence electrons. The number of halogens is 2. The second-order valence-corrected chi connectivity index (χ2v) is 7.02. The van der Waals surface area contributed by atoms with Crippen LogP contribution in [0.5, 0.6) is 0 Å². The van der Waals surface area contributed by atoms with Gasteiger partial charge in [0.25, 0.3) is 0 Å². The molecule has 1 heterocycles. The minimum absolute atomic E-state index is 0.125. The molecule has 4 heteroatoms. The second-order valence-electron chi connectivity index (χ2n) is 5.70. The van der Waals surface area contributed by atoms with Gasteiger partial charge in [0, 0.05) is 28.5 Å². The average Bonchev–Trinajstić information content (AvgIpc) is 2.65. The summed E-state index contributed by atoms with van der Waals surface area (Å²) in [5, 5.41) is 0.528. The fourth-order valence-corrected chi connectivity index (χ4v) is 3.44. The molecular weight excluding hydrogens is 326 g/mol. The largest absolute Gasteiger partial charge is 0.298 e. The van der Waals surface area contributed by atoms with Crippen molar-refractivity contribution in [2.75, 3.05) is 13.1 Å². The van der Waals surface area contributed by atoms with Gasteiger partial charge >= 0.3 is 0 Å². The zero-order valence-corrected chi connectivity index (χ0v) is 13.7. The number of Topliss-reactive ketones (excluding diaryl/α,β-unsaturated/α-hetero) is 1. The van der Waals surface area contributed by atoms with Crippen molar-refractivity contribution in [1.29, 1.82) is 0 Å². The minimum Gasteiger partial charge on any atom is -0.298 e. The highest BCUT2D eigenvalue weighted by Crippen LogP contribution is 2.29. The predicted molar refractivity (Wildman–Crippen MR) is 83.0 cm³/mol. The first-order chi connectivity index (χ1) is 8.90. The van der Waals surface area contributed by atoms with Crippen LogP contribution >= 0.6 is 27.5 Å². The summed E-state index contributed by atoms with van der Waals surface area (Å²) in [6, 6.07) is 5.43. The van der Waals surface area contributed by atoms with Gasteiger partial charge in [0.1, 0.15) is 0 Å². The van der Waals surface area contributed by atoms with E-state index in [-0.39, 0.29) is 11.3 Å². The zero-order valence-electron chi connectivity index (χ0n) is 11.4. The smallest absolute Gasteiger partial charge is 0.165 e. The molecule has 1 aromatic carbocycles. The molecule has 0 aliphatic carbocycles. The van der Waals surface area contributed by atoms with Crippen molar-refractivity contribution in [3.63, 3.8) is 0 Å². The standard InChI is InChI=1S/C15H19BrClNO/c1-15(2)7-3-8-18(15)9-6-14(19)12-5-4-11(16)10-13(12)17/h4-5,10H,3,6-9H2,1-2H3. The van der Waals surface area contributed by atoms with E-state index in [4.69, 9.17) is 11.6 Å². The highest BCUT2D eigenvalue weighted by atomic mass is 79.9. The van der Waals surface area contributed by atoms with Gasteiger partial charge in [0.05, 0.1) is 5.02 Å². The lowest BCUT2D eigenvalue weighted by molar-refractivity contribution is 0.0942. The van der Waals surface area contributed by atoms with Gasteiger partial charge < -0.3 is 0 Å². The van der Waals surface area contributed by atoms with Crippen LogP contribution < -0.4 is 0 Å². The van der Waals surface area contributed by atoms with Crippen LogP contribution in [0.1, 0.15) is 43.5 Å². The normalized spacial score (nSPS) is 18.7. The van der Waals surface area contributed by atoms with E-state index < -0.39 is 0 Å². The van der Waals surface area contributed by atoms with Gasteiger partial charge in [0.15, 0.2) is 5.78 Å². The summed E-state index contributed by atoms with van der Waals surface area (Å²) in [5.41, 5.74) is 0.853. The molecule has 19 heavy (non-hydrogen) atoms. The van der Waals surface area contributed by atoms with Crippen LogP contribution in [-0.2, 0) is 0 Å². The van der Waals surface area contributed by atoms with Gasteiger partial charge in [-0.25, -0.2) is 0 Å². The van der Waals surface area contributed by atoms with Crippen LogP contribution in [0.25, 0.3) is 0 Å². The van der Waals surface area contributed by atoms with Crippen LogP contribution in [-0.4, -0.2) is 29.3 Å². The number of carbonyl (C=O) groups is 1. The quantitative estimate of drug-likeness (QED) is 0.747. The predicted octanol–water partition coefficient (Wildman–Crippen LogP) is 4.55. The molecule has 0 spiro atoms. The van der Waals surface area contributed by atoms with E-state index in [1.165, 1.54) is 12.8 Å². The highest BCUT2D eigenvalue weighted by molar-refractivity contribution is 9.10. The molecule has 0 unspecified atom stereocenters. The van der Waals surface area contributed by atoms with Crippen molar-refractivity contribution in [2.45, 2.75) is 38.6 Å². The lowest BCUT2D eigenvalue weighted by Gasteiger charge is -2.31. The van der Waals surface area contributed by atoms with Crippen molar-refractivity contribution in [2.24, 2.45) is 0 Å². The fraction of sp³-hybridized carbons (Fsp3) is 0.533. The third-order valence-corrected chi connectivity index (χ3v) is 4.72. The highest BCUT2D eigenvalue weighted by Gasteiger charge is 2.31. The molecule has 0 N–H and O–H groups in total. The van der Waals surface area contributed by atoms with Crippen LogP contribution in [0.4, 0.5) is 0 Å². The summed E-state index contributed by atoms with van der Waals surface area (Å²) in [5.74, 6) is 0.125. The first-order valence-electron chi connectivity index (χ1n) is 6.63. The number of hydrogen-bond acceptors (Lipinski definition) is 2. The van der Waals surface area contributed by atoms with Crippen molar-refractivity contribution < 1.29 is 4.79 Å². The molecule has 0 radical (unpaired) electrons. The number of ketones is 1. The molecule has 1 fully saturated rings. The summed E-state index contributed by atoms with van der Waals surface area (Å²) < 4.78 is 0.898. The Morgan fingerprint density at radius 2 is 2.21 bits per heavy atom. The third kappa shape index (κ3) is 3.59. The van der Waals surface area contributed by atoms with Gasteiger partial charge in [-0.3, -0.25) is 9.69 Å². The minimum atomic E-state index is 0.125. The Balaban J connectivity index is 1.98. The van der Waals surface area contributed by atoms with Gasteiger partial charge in [-0.05, 0) is 51.4 Å². The molecule has 2 rings (SSSR count). The molecule has 0 amide bonds. The topological polar surface area (TPSA) is 20.3 Å². The number of nitrogens with zero attached hydrogens (tertiary/aromatic N) is 1. The van der Waals surface area contributed by atoms with Crippen LogP contribution in [0.15, 0.2) is 22.7 Å². The summed E-state index contributed by atoms with van der Waals surface area (Å²) in [7, 11) is 0. The maximum absolute atomic E-state index is 12.2. The second kappa shape index (κ2) is 5.94. The number of likely N-dealkylation sites (tertiary alicyclic amines) is 1. The van der Waals surface area contributed by atoms with Gasteiger partial charge in [-0.15, -0.1) is 0 Å². The Hall–Kier alpha value is -0.380. The first kappa shape index (κ1) is 15.0. The SMILES string of the molecule is CC1(C)CCCN1CCC(=O)c1ccc(Br)cc1Cl. The van der Waals surface area contributed by atoms with Crippen molar-refractivity contribution >= 4 is 33.3 Å². The molecule has 0 saturated carbocycles. The lowest BCUT2D eigenvalue weighted by atomic mass is 10.0. The monoisotopic (exact) mass is 343 g/mol. The summed E-state index contributed by atoms with van der Waals surface area (Å²) in [6.45, 7) is 6.40. The molecule has 0 aromatic heterocycles. The molecule has 2 nitrogen and oxygen atoms in total. The Morgan fingerprint density at radius 3 is 2.79 bits per heavy atom. The van der Waals surface area contributed by atoms with Crippen LogP contribution in [0, 0.1) is 0 Å². The Bertz CT molecular complexity index is 487. The maximum Gasteiger partial charge on any atom is 0.165 e. The van der Waals surface area contributed by atoms with Crippen molar-refractivity contribution in [3.05, 3.63) is 33.3 Å². The van der Waals surface area contributed by atoms with Gasteiger partial charge in [0.2, 0.25) is 0 Å². The Morgan fingerprint density at radius 1 is 1.47 bits per heavy atom. The van der Waals surface area contributed by atoms with E-state index in [0.29, 0.717) is 17.0 Å². The average molecular weight is 345 g/mol. The van der Waals surface area contributed by atoms with E-state index in [0.717, 1.165) is 17.6 Å². The fourth-order valence-electron chi connectivity index (χ4n) is 2.66. The molecule has 1 aliphatic rings. The number of rotatable bonds is 4. The van der Waals surface area contributed by atoms with Crippen molar-refractivity contribution in [1.82, 2.24) is 4.90 Å². The summed E-state index contributed by atoms with van der Waals surface area (Å²) in [6.07, 6.45) is 2.96. The zero-order chi connectivity index (χ0) is 14.0. The third-order valence-electron chi connectivity index (χ3n) is 3.91. The molecule has 1 aromatic rings. The van der Waals surface area contributed by atoms with Gasteiger partial charge in [-0.1, -0.05) is 27.5 Å². The summed E-state index contributed by atoms with van der Waals surface area (Å²) in [4.78, 5) is 14.6. The van der Waals surface area contributed by atoms with Crippen LogP contribution in [0.2, 0.25) is 5.02 Å². The molecule has 0 bridgehead atoms. The van der Waals surface area contributed by atoms with E-state index in [1.807, 2.05) is 6.07 Å². The van der Waals surface area contributed by atoms with E-state index in [2.05, 4.69) is 34.7 Å². The Kier molecular flexibility index (Phi) is 4.70. The van der Waals surface area contributed by atoms with Gasteiger partial charge in [-0.2, -0.15) is 0 Å². The number of benzene rings is 1. The van der Waals surface area contributed by atoms with E-state index in [9.17, 15) is 4.79 Å². The van der Waals surface area contributed by atoms with Crippen LogP contribution in [0.3, 0.4) is 0 Å². The van der Waals surface area contributed by atoms with Crippen molar-refractivity contribution in [3.8, 4) is 0 Å². The maximum atomic E-state index is 12.2.